The lowest BCUT2D eigenvalue weighted by Crippen LogP contribution is -2.21. The van der Waals surface area contributed by atoms with Crippen molar-refractivity contribution in [2.24, 2.45) is 7.05 Å². The molecule has 0 saturated carbocycles. The molecule has 0 bridgehead atoms. The molecule has 0 fully saturated rings. The van der Waals surface area contributed by atoms with Crippen molar-refractivity contribution in [1.29, 1.82) is 0 Å². The Hall–Kier alpha value is -2.21. The van der Waals surface area contributed by atoms with Crippen LogP contribution in [0.25, 0.3) is 11.4 Å². The number of aryl methyl sites for hydroxylation is 1. The van der Waals surface area contributed by atoms with E-state index in [-0.39, 0.29) is 18.6 Å². The number of aromatic nitrogens is 3. The molecule has 1 atom stereocenters. The van der Waals surface area contributed by atoms with Crippen LogP contribution in [0.2, 0.25) is 0 Å². The largest absolute Gasteiger partial charge is 0.369 e. The van der Waals surface area contributed by atoms with E-state index in [0.29, 0.717) is 11.5 Å². The maximum atomic E-state index is 11.8. The lowest BCUT2D eigenvalue weighted by Gasteiger charge is -2.11. The molecule has 0 aliphatic carbocycles. The van der Waals surface area contributed by atoms with E-state index in [1.165, 1.54) is 0 Å². The van der Waals surface area contributed by atoms with E-state index < -0.39 is 0 Å². The molecule has 6 heteroatoms. The third kappa shape index (κ3) is 4.39. The molecule has 1 aromatic heterocycles. The smallest absolute Gasteiger partial charge is 0.250 e. The van der Waals surface area contributed by atoms with Crippen LogP contribution in [0.5, 0.6) is 0 Å². The van der Waals surface area contributed by atoms with Crippen molar-refractivity contribution >= 4 is 11.6 Å². The fourth-order valence-electron chi connectivity index (χ4n) is 1.74. The molecular weight excluding hydrogens is 268 g/mol. The first-order valence-corrected chi connectivity index (χ1v) is 6.96. The van der Waals surface area contributed by atoms with Gasteiger partial charge in [0.05, 0.1) is 6.10 Å². The fourth-order valence-corrected chi connectivity index (χ4v) is 1.74. The zero-order valence-corrected chi connectivity index (χ0v) is 12.5. The number of hydrogen-bond acceptors (Lipinski definition) is 4. The van der Waals surface area contributed by atoms with E-state index in [0.717, 1.165) is 12.0 Å². The Morgan fingerprint density at radius 1 is 1.48 bits per heavy atom. The number of amides is 1. The molecule has 0 aliphatic rings. The van der Waals surface area contributed by atoms with Crippen LogP contribution in [0, 0.1) is 0 Å². The van der Waals surface area contributed by atoms with Gasteiger partial charge in [-0.15, -0.1) is 0 Å². The Balaban J connectivity index is 1.99. The molecule has 21 heavy (non-hydrogen) atoms. The third-order valence-electron chi connectivity index (χ3n) is 3.08. The minimum absolute atomic E-state index is 0.0566. The van der Waals surface area contributed by atoms with Crippen LogP contribution in [-0.4, -0.2) is 33.4 Å². The molecule has 2 aromatic rings. The van der Waals surface area contributed by atoms with Crippen molar-refractivity contribution < 1.29 is 9.53 Å². The van der Waals surface area contributed by atoms with E-state index in [1.54, 1.807) is 11.0 Å². The highest BCUT2D eigenvalue weighted by atomic mass is 16.5. The van der Waals surface area contributed by atoms with Gasteiger partial charge in [-0.1, -0.05) is 19.1 Å². The summed E-state index contributed by atoms with van der Waals surface area (Å²) in [5.74, 6) is 0.464. The minimum atomic E-state index is -0.165. The van der Waals surface area contributed by atoms with Crippen LogP contribution in [0.3, 0.4) is 0 Å². The summed E-state index contributed by atoms with van der Waals surface area (Å²) < 4.78 is 7.04. The molecule has 1 aromatic carbocycles. The van der Waals surface area contributed by atoms with Crippen molar-refractivity contribution in [2.45, 2.75) is 26.4 Å². The zero-order valence-electron chi connectivity index (χ0n) is 12.5. The van der Waals surface area contributed by atoms with Gasteiger partial charge in [-0.3, -0.25) is 9.48 Å². The molecule has 0 aliphatic heterocycles. The standard InChI is InChI=1S/C15H20N4O2/c1-4-11(2)21-9-14(20)17-13-7-5-6-12(8-13)15-16-10-19(3)18-15/h5-8,10-11H,4,9H2,1-3H3,(H,17,20). The van der Waals surface area contributed by atoms with Gasteiger partial charge in [-0.05, 0) is 25.5 Å². The second kappa shape index (κ2) is 6.99. The predicted octanol–water partition coefficient (Wildman–Crippen LogP) is 2.24. The van der Waals surface area contributed by atoms with Crippen LogP contribution in [0.15, 0.2) is 30.6 Å². The van der Waals surface area contributed by atoms with Gasteiger partial charge in [0, 0.05) is 18.3 Å². The van der Waals surface area contributed by atoms with Crippen LogP contribution in [-0.2, 0) is 16.6 Å². The normalized spacial score (nSPS) is 12.1. The number of rotatable bonds is 6. The Bertz CT molecular complexity index is 609. The molecule has 0 radical (unpaired) electrons. The lowest BCUT2D eigenvalue weighted by molar-refractivity contribution is -0.122. The summed E-state index contributed by atoms with van der Waals surface area (Å²) in [4.78, 5) is 16.0. The number of ether oxygens (including phenoxy) is 1. The summed E-state index contributed by atoms with van der Waals surface area (Å²) >= 11 is 0. The highest BCUT2D eigenvalue weighted by Gasteiger charge is 2.08. The van der Waals surface area contributed by atoms with Crippen LogP contribution in [0.1, 0.15) is 20.3 Å². The summed E-state index contributed by atoms with van der Waals surface area (Å²) in [7, 11) is 1.81. The molecule has 1 unspecified atom stereocenters. The first-order chi connectivity index (χ1) is 10.1. The number of nitrogens with one attached hydrogen (secondary N) is 1. The minimum Gasteiger partial charge on any atom is -0.369 e. The van der Waals surface area contributed by atoms with Crippen molar-refractivity contribution in [1.82, 2.24) is 14.8 Å². The summed E-state index contributed by atoms with van der Waals surface area (Å²) in [6.07, 6.45) is 2.61. The van der Waals surface area contributed by atoms with Gasteiger partial charge >= 0.3 is 0 Å². The predicted molar refractivity (Wildman–Crippen MR) is 80.8 cm³/mol. The Kier molecular flexibility index (Phi) is 5.05. The summed E-state index contributed by atoms with van der Waals surface area (Å²) in [5, 5.41) is 7.05. The van der Waals surface area contributed by atoms with E-state index in [2.05, 4.69) is 15.4 Å². The monoisotopic (exact) mass is 288 g/mol. The lowest BCUT2D eigenvalue weighted by atomic mass is 10.2. The second-order valence-corrected chi connectivity index (χ2v) is 4.90. The first-order valence-electron chi connectivity index (χ1n) is 6.96. The number of carbonyl (C=O) groups is 1. The van der Waals surface area contributed by atoms with Gasteiger partial charge in [-0.25, -0.2) is 4.98 Å². The van der Waals surface area contributed by atoms with Crippen molar-refractivity contribution in [3.63, 3.8) is 0 Å². The average Bonchev–Trinajstić information content (AvgIpc) is 2.91. The maximum absolute atomic E-state index is 11.8. The highest BCUT2D eigenvalue weighted by Crippen LogP contribution is 2.18. The topological polar surface area (TPSA) is 69.0 Å². The summed E-state index contributed by atoms with van der Waals surface area (Å²) in [6.45, 7) is 4.02. The highest BCUT2D eigenvalue weighted by molar-refractivity contribution is 5.92. The van der Waals surface area contributed by atoms with Crippen LogP contribution >= 0.6 is 0 Å². The average molecular weight is 288 g/mol. The van der Waals surface area contributed by atoms with Crippen molar-refractivity contribution in [2.75, 3.05) is 11.9 Å². The van der Waals surface area contributed by atoms with Crippen LogP contribution in [0.4, 0.5) is 5.69 Å². The second-order valence-electron chi connectivity index (χ2n) is 4.90. The fraction of sp³-hybridized carbons (Fsp3) is 0.400. The van der Waals surface area contributed by atoms with Gasteiger partial charge in [0.1, 0.15) is 12.9 Å². The van der Waals surface area contributed by atoms with E-state index in [1.807, 2.05) is 45.2 Å². The Morgan fingerprint density at radius 2 is 2.29 bits per heavy atom. The molecular formula is C15H20N4O2. The maximum Gasteiger partial charge on any atom is 0.250 e. The molecule has 1 amide bonds. The van der Waals surface area contributed by atoms with Crippen molar-refractivity contribution in [3.8, 4) is 11.4 Å². The van der Waals surface area contributed by atoms with Gasteiger partial charge < -0.3 is 10.1 Å². The molecule has 0 spiro atoms. The summed E-state index contributed by atoms with van der Waals surface area (Å²) in [6, 6.07) is 7.43. The van der Waals surface area contributed by atoms with Gasteiger partial charge in [0.25, 0.3) is 0 Å². The van der Waals surface area contributed by atoms with Crippen LogP contribution < -0.4 is 5.32 Å². The van der Waals surface area contributed by atoms with Gasteiger partial charge in [0.2, 0.25) is 5.91 Å². The number of nitrogens with zero attached hydrogens (tertiary/aromatic N) is 3. The number of benzene rings is 1. The van der Waals surface area contributed by atoms with Gasteiger partial charge in [-0.2, -0.15) is 5.10 Å². The van der Waals surface area contributed by atoms with E-state index >= 15 is 0 Å². The SMILES string of the molecule is CCC(C)OCC(=O)Nc1cccc(-c2ncn(C)n2)c1. The third-order valence-corrected chi connectivity index (χ3v) is 3.08. The van der Waals surface area contributed by atoms with Crippen molar-refractivity contribution in [3.05, 3.63) is 30.6 Å². The van der Waals surface area contributed by atoms with E-state index in [9.17, 15) is 4.79 Å². The first kappa shape index (κ1) is 15.2. The quantitative estimate of drug-likeness (QED) is 0.885. The molecule has 112 valence electrons. The molecule has 2 rings (SSSR count). The Labute approximate surface area is 124 Å². The van der Waals surface area contributed by atoms with Gasteiger partial charge in [0.15, 0.2) is 5.82 Å². The number of hydrogen-bond donors (Lipinski definition) is 1. The van der Waals surface area contributed by atoms with E-state index in [4.69, 9.17) is 4.74 Å². The number of carbonyl (C=O) groups excluding carboxylic acids is 1. The molecule has 6 nitrogen and oxygen atoms in total. The number of anilines is 1. The molecule has 1 N–H and O–H groups in total. The Morgan fingerprint density at radius 3 is 2.95 bits per heavy atom. The summed E-state index contributed by atoms with van der Waals surface area (Å²) in [5.41, 5.74) is 1.56. The molecule has 1 heterocycles. The molecule has 0 saturated heterocycles. The zero-order chi connectivity index (χ0) is 15.2.